The average Bonchev–Trinajstić information content (AvgIpc) is 3.11. The van der Waals surface area contributed by atoms with Crippen molar-refractivity contribution in [2.45, 2.75) is 18.6 Å². The lowest BCUT2D eigenvalue weighted by Gasteiger charge is -2.22. The normalized spacial score (nSPS) is 11.3. The van der Waals surface area contributed by atoms with Gasteiger partial charge in [0.25, 0.3) is 0 Å². The molecular formula is C21H25N5O3S2. The number of aromatic nitrogens is 3. The van der Waals surface area contributed by atoms with Crippen LogP contribution in [-0.2, 0) is 28.4 Å². The van der Waals surface area contributed by atoms with E-state index >= 15 is 0 Å². The summed E-state index contributed by atoms with van der Waals surface area (Å²) in [5, 5.41) is 8.86. The van der Waals surface area contributed by atoms with Crippen LogP contribution >= 0.6 is 11.8 Å². The van der Waals surface area contributed by atoms with Gasteiger partial charge in [-0.2, -0.15) is 0 Å². The van der Waals surface area contributed by atoms with Crippen LogP contribution in [0.15, 0.2) is 65.8 Å². The van der Waals surface area contributed by atoms with Gasteiger partial charge in [0.05, 0.1) is 24.2 Å². The van der Waals surface area contributed by atoms with Gasteiger partial charge in [0.15, 0.2) is 11.0 Å². The van der Waals surface area contributed by atoms with Gasteiger partial charge in [-0.1, -0.05) is 48.2 Å². The first-order valence-corrected chi connectivity index (χ1v) is 12.5. The molecule has 3 aromatic rings. The van der Waals surface area contributed by atoms with Crippen LogP contribution in [-0.4, -0.2) is 47.6 Å². The zero-order valence-corrected chi connectivity index (χ0v) is 19.3. The van der Waals surface area contributed by atoms with Crippen molar-refractivity contribution in [1.82, 2.24) is 14.8 Å². The fourth-order valence-electron chi connectivity index (χ4n) is 3.05. The van der Waals surface area contributed by atoms with Gasteiger partial charge < -0.3 is 9.47 Å². The van der Waals surface area contributed by atoms with Crippen LogP contribution in [0.4, 0.5) is 11.4 Å². The summed E-state index contributed by atoms with van der Waals surface area (Å²) < 4.78 is 27.7. The summed E-state index contributed by atoms with van der Waals surface area (Å²) in [6.45, 7) is 2.54. The number of para-hydroxylation sites is 2. The third kappa shape index (κ3) is 5.65. The third-order valence-corrected chi connectivity index (χ3v) is 6.81. The van der Waals surface area contributed by atoms with Gasteiger partial charge in [0.2, 0.25) is 15.9 Å². The molecule has 1 heterocycles. The van der Waals surface area contributed by atoms with E-state index in [2.05, 4.69) is 10.2 Å². The molecule has 3 rings (SSSR count). The number of carbonyl (C=O) groups is 1. The molecule has 0 N–H and O–H groups in total. The lowest BCUT2D eigenvalue weighted by atomic mass is 10.3. The second-order valence-corrected chi connectivity index (χ2v) is 9.67. The summed E-state index contributed by atoms with van der Waals surface area (Å²) >= 11 is 1.27. The highest BCUT2D eigenvalue weighted by Gasteiger charge is 2.22. The molecule has 0 spiro atoms. The van der Waals surface area contributed by atoms with Crippen molar-refractivity contribution in [1.29, 1.82) is 0 Å². The van der Waals surface area contributed by atoms with Crippen LogP contribution in [0.25, 0.3) is 0 Å². The van der Waals surface area contributed by atoms with E-state index in [0.717, 1.165) is 11.9 Å². The number of anilines is 2. The first kappa shape index (κ1) is 22.8. The Kier molecular flexibility index (Phi) is 7.34. The first-order chi connectivity index (χ1) is 14.8. The number of rotatable bonds is 9. The summed E-state index contributed by atoms with van der Waals surface area (Å²) in [5.74, 6) is 0.647. The summed E-state index contributed by atoms with van der Waals surface area (Å²) in [6, 6.07) is 18.4. The van der Waals surface area contributed by atoms with E-state index in [1.165, 1.54) is 16.1 Å². The number of sulfonamides is 1. The number of thioether (sulfide) groups is 1. The quantitative estimate of drug-likeness (QED) is 0.457. The zero-order chi connectivity index (χ0) is 22.4. The van der Waals surface area contributed by atoms with Crippen molar-refractivity contribution in [3.8, 4) is 0 Å². The van der Waals surface area contributed by atoms with E-state index < -0.39 is 10.0 Å². The highest BCUT2D eigenvalue weighted by atomic mass is 32.2. The predicted molar refractivity (Wildman–Crippen MR) is 124 cm³/mol. The molecule has 0 saturated heterocycles. The van der Waals surface area contributed by atoms with Crippen LogP contribution in [0.1, 0.15) is 12.7 Å². The molecule has 1 amide bonds. The average molecular weight is 460 g/mol. The lowest BCUT2D eigenvalue weighted by Crippen LogP contribution is -2.32. The van der Waals surface area contributed by atoms with Gasteiger partial charge >= 0.3 is 0 Å². The van der Waals surface area contributed by atoms with Crippen molar-refractivity contribution in [2.24, 2.45) is 7.05 Å². The third-order valence-electron chi connectivity index (χ3n) is 4.66. The van der Waals surface area contributed by atoms with Crippen LogP contribution < -0.4 is 9.21 Å². The summed E-state index contributed by atoms with van der Waals surface area (Å²) in [5.41, 5.74) is 1.40. The smallest absolute Gasteiger partial charge is 0.237 e. The molecule has 0 aliphatic rings. The van der Waals surface area contributed by atoms with Crippen LogP contribution in [0.2, 0.25) is 0 Å². The molecule has 8 nitrogen and oxygen atoms in total. The molecule has 0 aliphatic carbocycles. The maximum absolute atomic E-state index is 12.7. The molecule has 31 heavy (non-hydrogen) atoms. The number of benzene rings is 2. The highest BCUT2D eigenvalue weighted by molar-refractivity contribution is 7.99. The zero-order valence-electron chi connectivity index (χ0n) is 17.7. The molecule has 10 heteroatoms. The van der Waals surface area contributed by atoms with Crippen molar-refractivity contribution in [2.75, 3.05) is 27.8 Å². The SMILES string of the molecule is CCN(C(=O)CSc1nnc(CN(c2ccccc2)S(C)(=O)=O)n1C)c1ccccc1. The Morgan fingerprint density at radius 3 is 2.13 bits per heavy atom. The minimum absolute atomic E-state index is 0.0368. The maximum atomic E-state index is 12.7. The minimum atomic E-state index is -3.51. The lowest BCUT2D eigenvalue weighted by molar-refractivity contribution is -0.116. The molecular weight excluding hydrogens is 434 g/mol. The largest absolute Gasteiger partial charge is 0.312 e. The van der Waals surface area contributed by atoms with Gasteiger partial charge in [-0.3, -0.25) is 9.10 Å². The van der Waals surface area contributed by atoms with Gasteiger partial charge in [-0.25, -0.2) is 8.42 Å². The van der Waals surface area contributed by atoms with Crippen LogP contribution in [0.3, 0.4) is 0 Å². The predicted octanol–water partition coefficient (Wildman–Crippen LogP) is 2.93. The summed E-state index contributed by atoms with van der Waals surface area (Å²) in [4.78, 5) is 14.4. The Hall–Kier alpha value is -2.85. The van der Waals surface area contributed by atoms with Gasteiger partial charge in [0, 0.05) is 19.3 Å². The van der Waals surface area contributed by atoms with Crippen molar-refractivity contribution >= 4 is 39.1 Å². The molecule has 2 aromatic carbocycles. The Balaban J connectivity index is 1.72. The fraction of sp³-hybridized carbons (Fsp3) is 0.286. The number of hydrogen-bond donors (Lipinski definition) is 0. The molecule has 0 unspecified atom stereocenters. The number of carbonyl (C=O) groups excluding carboxylic acids is 1. The van der Waals surface area contributed by atoms with Crippen LogP contribution in [0, 0.1) is 0 Å². The highest BCUT2D eigenvalue weighted by Crippen LogP contribution is 2.23. The molecule has 0 radical (unpaired) electrons. The molecule has 0 atom stereocenters. The van der Waals surface area contributed by atoms with Crippen molar-refractivity contribution in [3.63, 3.8) is 0 Å². The summed E-state index contributed by atoms with van der Waals surface area (Å²) in [6.07, 6.45) is 1.16. The number of amides is 1. The van der Waals surface area contributed by atoms with Gasteiger partial charge in [-0.05, 0) is 31.2 Å². The molecule has 0 saturated carbocycles. The van der Waals surface area contributed by atoms with Gasteiger partial charge in [-0.15, -0.1) is 10.2 Å². The van der Waals surface area contributed by atoms with Gasteiger partial charge in [0.1, 0.15) is 0 Å². The number of hydrogen-bond acceptors (Lipinski definition) is 6. The molecule has 0 fully saturated rings. The fourth-order valence-corrected chi connectivity index (χ4v) is 4.71. The second-order valence-electron chi connectivity index (χ2n) is 6.83. The van der Waals surface area contributed by atoms with E-state index in [1.54, 1.807) is 40.8 Å². The molecule has 0 bridgehead atoms. The Morgan fingerprint density at radius 1 is 1.00 bits per heavy atom. The van der Waals surface area contributed by atoms with E-state index in [0.29, 0.717) is 23.2 Å². The van der Waals surface area contributed by atoms with Crippen LogP contribution in [0.5, 0.6) is 0 Å². The van der Waals surface area contributed by atoms with E-state index in [-0.39, 0.29) is 18.2 Å². The van der Waals surface area contributed by atoms with E-state index in [1.807, 2.05) is 43.3 Å². The molecule has 164 valence electrons. The van der Waals surface area contributed by atoms with Crippen molar-refractivity contribution in [3.05, 3.63) is 66.5 Å². The Morgan fingerprint density at radius 2 is 1.58 bits per heavy atom. The topological polar surface area (TPSA) is 88.4 Å². The van der Waals surface area contributed by atoms with Crippen molar-refractivity contribution < 1.29 is 13.2 Å². The maximum Gasteiger partial charge on any atom is 0.237 e. The number of nitrogens with zero attached hydrogens (tertiary/aromatic N) is 5. The Labute approximate surface area is 186 Å². The summed E-state index contributed by atoms with van der Waals surface area (Å²) in [7, 11) is -1.74. The standard InChI is InChI=1S/C21H25N5O3S2/c1-4-25(17-11-7-5-8-12-17)20(27)16-30-21-23-22-19(24(21)2)15-26(31(3,28)29)18-13-9-6-10-14-18/h5-14H,4,15-16H2,1-3H3. The minimum Gasteiger partial charge on any atom is -0.312 e. The Bertz CT molecular complexity index is 1120. The van der Waals surface area contributed by atoms with E-state index in [9.17, 15) is 13.2 Å². The second kappa shape index (κ2) is 9.97. The monoisotopic (exact) mass is 459 g/mol. The van der Waals surface area contributed by atoms with E-state index in [4.69, 9.17) is 0 Å². The molecule has 0 aliphatic heterocycles. The first-order valence-electron chi connectivity index (χ1n) is 9.70. The molecule has 1 aromatic heterocycles.